The molecular formula is C23H27ClN2O4. The van der Waals surface area contributed by atoms with Gasteiger partial charge in [0.2, 0.25) is 0 Å². The molecule has 0 radical (unpaired) electrons. The van der Waals surface area contributed by atoms with Gasteiger partial charge in [0, 0.05) is 36.3 Å². The zero-order chi connectivity index (χ0) is 20.6. The van der Waals surface area contributed by atoms with Crippen LogP contribution in [0.1, 0.15) is 23.1 Å². The first-order valence-electron chi connectivity index (χ1n) is 9.63. The molecule has 0 fully saturated rings. The van der Waals surface area contributed by atoms with Gasteiger partial charge in [0.1, 0.15) is 18.1 Å². The third kappa shape index (κ3) is 6.08. The van der Waals surface area contributed by atoms with Crippen molar-refractivity contribution in [1.82, 2.24) is 4.90 Å². The van der Waals surface area contributed by atoms with E-state index in [4.69, 9.17) is 14.7 Å². The smallest absolute Gasteiger partial charge is 0.332 e. The zero-order valence-electron chi connectivity index (χ0n) is 17.2. The summed E-state index contributed by atoms with van der Waals surface area (Å²) in [6.07, 6.45) is 2.53. The monoisotopic (exact) mass is 430 g/mol. The first-order chi connectivity index (χ1) is 14.1. The number of methoxy groups -OCH3 is 1. The molecule has 0 amide bonds. The topological polar surface area (TPSA) is 71.4 Å². The van der Waals surface area contributed by atoms with Gasteiger partial charge >= 0.3 is 5.97 Å². The Labute approximate surface area is 183 Å². The first-order valence-corrected chi connectivity index (χ1v) is 9.63. The Kier molecular flexibility index (Phi) is 8.89. The number of rotatable bonds is 8. The van der Waals surface area contributed by atoms with Crippen LogP contribution in [0.25, 0.3) is 0 Å². The van der Waals surface area contributed by atoms with E-state index >= 15 is 0 Å². The second-order valence-electron chi connectivity index (χ2n) is 6.92. The number of halogens is 1. The molecule has 1 heterocycles. The van der Waals surface area contributed by atoms with Gasteiger partial charge in [0.05, 0.1) is 7.11 Å². The van der Waals surface area contributed by atoms with Gasteiger partial charge in [-0.25, -0.2) is 4.79 Å². The third-order valence-electron chi connectivity index (χ3n) is 4.90. The summed E-state index contributed by atoms with van der Waals surface area (Å²) >= 11 is 0. The second kappa shape index (κ2) is 11.4. The van der Waals surface area contributed by atoms with Crippen LogP contribution in [0.4, 0.5) is 0 Å². The number of benzene rings is 2. The molecule has 1 aliphatic rings. The highest BCUT2D eigenvalue weighted by Gasteiger charge is 2.17. The summed E-state index contributed by atoms with van der Waals surface area (Å²) in [5.74, 6) is -0.0985. The molecule has 2 aromatic rings. The van der Waals surface area contributed by atoms with E-state index in [1.165, 1.54) is 0 Å². The van der Waals surface area contributed by atoms with Gasteiger partial charge in [-0.15, -0.1) is 12.4 Å². The van der Waals surface area contributed by atoms with E-state index < -0.39 is 5.97 Å². The van der Waals surface area contributed by atoms with Crippen molar-refractivity contribution < 1.29 is 19.5 Å². The lowest BCUT2D eigenvalue weighted by Crippen LogP contribution is -2.34. The predicted octanol–water partition coefficient (Wildman–Crippen LogP) is 3.91. The number of oxime groups is 1. The molecule has 7 heteroatoms. The lowest BCUT2D eigenvalue weighted by molar-refractivity contribution is -0.133. The Balaban J connectivity index is 0.00000320. The van der Waals surface area contributed by atoms with Crippen LogP contribution in [-0.2, 0) is 9.63 Å². The van der Waals surface area contributed by atoms with Crippen LogP contribution in [0.5, 0.6) is 5.75 Å². The number of nitrogens with zero attached hydrogens (tertiary/aromatic N) is 2. The molecule has 0 aliphatic carbocycles. The molecule has 2 aromatic carbocycles. The maximum Gasteiger partial charge on any atom is 0.332 e. The fraction of sp³-hybridized carbons (Fsp3) is 0.304. The molecule has 0 unspecified atom stereocenters. The molecule has 0 saturated carbocycles. The van der Waals surface area contributed by atoms with Gasteiger partial charge in [-0.05, 0) is 31.0 Å². The number of aliphatic carboxylic acids is 1. The highest BCUT2D eigenvalue weighted by Crippen LogP contribution is 2.19. The van der Waals surface area contributed by atoms with Crippen LogP contribution >= 0.6 is 12.4 Å². The van der Waals surface area contributed by atoms with Crippen LogP contribution in [0.3, 0.4) is 0 Å². The van der Waals surface area contributed by atoms with E-state index in [0.717, 1.165) is 41.1 Å². The minimum Gasteiger partial charge on any atom is -0.497 e. The Morgan fingerprint density at radius 1 is 1.20 bits per heavy atom. The SMILES string of the molecule is COc1cccc(/C(=N/OCCN2CCC=C(C(=O)O)C2)c2ccccc2C)c1.Cl. The average molecular weight is 431 g/mol. The van der Waals surface area contributed by atoms with E-state index in [2.05, 4.69) is 10.1 Å². The molecule has 0 saturated heterocycles. The number of aryl methyl sites for hydroxylation is 1. The van der Waals surface area contributed by atoms with Gasteiger partial charge in [-0.1, -0.05) is 47.6 Å². The maximum absolute atomic E-state index is 11.2. The largest absolute Gasteiger partial charge is 0.497 e. The molecule has 0 bridgehead atoms. The quantitative estimate of drug-likeness (QED) is 0.390. The molecular weight excluding hydrogens is 404 g/mol. The maximum atomic E-state index is 11.2. The molecule has 0 spiro atoms. The van der Waals surface area contributed by atoms with E-state index in [1.54, 1.807) is 13.2 Å². The lowest BCUT2D eigenvalue weighted by Gasteiger charge is -2.24. The van der Waals surface area contributed by atoms with E-state index in [1.807, 2.05) is 55.5 Å². The van der Waals surface area contributed by atoms with Crippen LogP contribution in [0, 0.1) is 6.92 Å². The van der Waals surface area contributed by atoms with Crippen molar-refractivity contribution in [3.63, 3.8) is 0 Å². The van der Waals surface area contributed by atoms with Crippen LogP contribution in [0.2, 0.25) is 0 Å². The predicted molar refractivity (Wildman–Crippen MR) is 120 cm³/mol. The van der Waals surface area contributed by atoms with Crippen molar-refractivity contribution in [2.75, 3.05) is 33.4 Å². The average Bonchev–Trinajstić information content (AvgIpc) is 2.75. The minimum absolute atomic E-state index is 0. The Hall–Kier alpha value is -2.83. The molecule has 30 heavy (non-hydrogen) atoms. The molecule has 1 aliphatic heterocycles. The van der Waals surface area contributed by atoms with E-state index in [9.17, 15) is 4.79 Å². The molecule has 6 nitrogen and oxygen atoms in total. The van der Waals surface area contributed by atoms with Crippen molar-refractivity contribution in [3.05, 3.63) is 76.9 Å². The second-order valence-corrected chi connectivity index (χ2v) is 6.92. The summed E-state index contributed by atoms with van der Waals surface area (Å²) in [4.78, 5) is 18.9. The standard InChI is InChI=1S/C23H26N2O4.ClH/c1-17-7-3-4-11-21(17)22(18-8-5-10-20(15-18)28-2)24-29-14-13-25-12-6-9-19(16-25)23(26)27;/h3-5,7-11,15H,6,12-14,16H2,1-2H3,(H,26,27);1H/b24-22-;. The molecule has 3 rings (SSSR count). The van der Waals surface area contributed by atoms with Crippen molar-refractivity contribution in [1.29, 1.82) is 0 Å². The van der Waals surface area contributed by atoms with E-state index in [0.29, 0.717) is 25.3 Å². The fourth-order valence-electron chi connectivity index (χ4n) is 3.30. The fourth-order valence-corrected chi connectivity index (χ4v) is 3.30. The van der Waals surface area contributed by atoms with Gasteiger partial charge in [0.15, 0.2) is 0 Å². The number of carboxylic acid groups (broad SMARTS) is 1. The molecule has 0 atom stereocenters. The number of ether oxygens (including phenoxy) is 1. The summed E-state index contributed by atoms with van der Waals surface area (Å²) in [5, 5.41) is 13.6. The van der Waals surface area contributed by atoms with Crippen LogP contribution < -0.4 is 4.74 Å². The Bertz CT molecular complexity index is 927. The van der Waals surface area contributed by atoms with Crippen molar-refractivity contribution in [3.8, 4) is 5.75 Å². The van der Waals surface area contributed by atoms with Crippen LogP contribution in [0.15, 0.2) is 65.3 Å². The Morgan fingerprint density at radius 3 is 2.73 bits per heavy atom. The van der Waals surface area contributed by atoms with Crippen molar-refractivity contribution in [2.45, 2.75) is 13.3 Å². The van der Waals surface area contributed by atoms with E-state index in [-0.39, 0.29) is 12.4 Å². The van der Waals surface area contributed by atoms with Gasteiger partial charge < -0.3 is 14.7 Å². The third-order valence-corrected chi connectivity index (χ3v) is 4.90. The van der Waals surface area contributed by atoms with Crippen molar-refractivity contribution >= 4 is 24.1 Å². The number of carbonyl (C=O) groups is 1. The normalized spacial score (nSPS) is 14.5. The van der Waals surface area contributed by atoms with Gasteiger partial charge in [-0.3, -0.25) is 4.90 Å². The number of carboxylic acids is 1. The van der Waals surface area contributed by atoms with Crippen molar-refractivity contribution in [2.24, 2.45) is 5.16 Å². The molecule has 1 N–H and O–H groups in total. The summed E-state index contributed by atoms with van der Waals surface area (Å²) in [6, 6.07) is 15.8. The summed E-state index contributed by atoms with van der Waals surface area (Å²) in [5.41, 5.74) is 4.19. The van der Waals surface area contributed by atoms with Gasteiger partial charge in [0.25, 0.3) is 0 Å². The summed E-state index contributed by atoms with van der Waals surface area (Å²) < 4.78 is 5.35. The highest BCUT2D eigenvalue weighted by atomic mass is 35.5. The lowest BCUT2D eigenvalue weighted by atomic mass is 9.98. The number of hydrogen-bond donors (Lipinski definition) is 1. The molecule has 160 valence electrons. The molecule has 0 aromatic heterocycles. The Morgan fingerprint density at radius 2 is 2.00 bits per heavy atom. The number of hydrogen-bond acceptors (Lipinski definition) is 5. The minimum atomic E-state index is -0.853. The first kappa shape index (κ1) is 23.4. The van der Waals surface area contributed by atoms with Gasteiger partial charge in [-0.2, -0.15) is 0 Å². The van der Waals surface area contributed by atoms with Crippen LogP contribution in [-0.4, -0.2) is 55.0 Å². The summed E-state index contributed by atoms with van der Waals surface area (Å²) in [7, 11) is 1.64. The zero-order valence-corrected chi connectivity index (χ0v) is 18.0. The highest BCUT2D eigenvalue weighted by molar-refractivity contribution is 6.13. The summed E-state index contributed by atoms with van der Waals surface area (Å²) in [6.45, 7) is 4.30.